The van der Waals surface area contributed by atoms with Crippen molar-refractivity contribution in [3.05, 3.63) is 45.2 Å². The van der Waals surface area contributed by atoms with Crippen LogP contribution in [0.15, 0.2) is 38.3 Å². The highest BCUT2D eigenvalue weighted by molar-refractivity contribution is 9.11. The number of benzene rings is 1. The van der Waals surface area contributed by atoms with Gasteiger partial charge in [0.05, 0.1) is 15.0 Å². The summed E-state index contributed by atoms with van der Waals surface area (Å²) in [4.78, 5) is 0. The number of nitrogens with zero attached hydrogens (tertiary/aromatic N) is 2. The van der Waals surface area contributed by atoms with E-state index >= 15 is 0 Å². The number of halogens is 1. The van der Waals surface area contributed by atoms with Gasteiger partial charge in [-0.1, -0.05) is 12.1 Å². The van der Waals surface area contributed by atoms with Gasteiger partial charge >= 0.3 is 0 Å². The molecule has 1 aromatic carbocycles. The van der Waals surface area contributed by atoms with Crippen molar-refractivity contribution >= 4 is 43.0 Å². The van der Waals surface area contributed by atoms with E-state index in [9.17, 15) is 8.42 Å². The summed E-state index contributed by atoms with van der Waals surface area (Å²) >= 11 is 4.49. The summed E-state index contributed by atoms with van der Waals surface area (Å²) in [5, 5.41) is 9.08. The summed E-state index contributed by atoms with van der Waals surface area (Å²) in [5.41, 5.74) is 1.57. The van der Waals surface area contributed by atoms with Crippen LogP contribution in [0.1, 0.15) is 11.1 Å². The fraction of sp³-hybridized carbons (Fsp3) is 0.154. The van der Waals surface area contributed by atoms with Crippen LogP contribution in [0.25, 0.3) is 0 Å². The Bertz CT molecular complexity index is 771. The number of thiophene rings is 1. The maximum atomic E-state index is 12.6. The van der Waals surface area contributed by atoms with E-state index < -0.39 is 10.0 Å². The van der Waals surface area contributed by atoms with Gasteiger partial charge in [-0.05, 0) is 46.6 Å². The van der Waals surface area contributed by atoms with Crippen molar-refractivity contribution in [1.29, 1.82) is 5.26 Å². The molecule has 0 spiro atoms. The van der Waals surface area contributed by atoms with Crippen LogP contribution in [-0.2, 0) is 10.0 Å². The van der Waals surface area contributed by atoms with E-state index in [-0.39, 0.29) is 4.21 Å². The lowest BCUT2D eigenvalue weighted by atomic mass is 10.2. The summed E-state index contributed by atoms with van der Waals surface area (Å²) in [6, 6.07) is 10.2. The van der Waals surface area contributed by atoms with Crippen LogP contribution in [0, 0.1) is 18.3 Å². The molecular weight excluding hydrogens is 360 g/mol. The van der Waals surface area contributed by atoms with E-state index in [4.69, 9.17) is 5.26 Å². The molecule has 0 fully saturated rings. The summed E-state index contributed by atoms with van der Waals surface area (Å²) in [6.07, 6.45) is 0. The molecule has 0 bridgehead atoms. The molecule has 0 aliphatic heterocycles. The summed E-state index contributed by atoms with van der Waals surface area (Å²) in [5.74, 6) is 0. The van der Waals surface area contributed by atoms with Crippen LogP contribution >= 0.6 is 27.3 Å². The number of aryl methyl sites for hydroxylation is 1. The second-order valence-corrected chi connectivity index (χ2v) is 8.69. The van der Waals surface area contributed by atoms with Gasteiger partial charge in [-0.15, -0.1) is 11.3 Å². The van der Waals surface area contributed by atoms with E-state index in [1.54, 1.807) is 30.3 Å². The fourth-order valence-electron chi connectivity index (χ4n) is 1.67. The van der Waals surface area contributed by atoms with Crippen LogP contribution in [0.2, 0.25) is 0 Å². The highest BCUT2D eigenvalue weighted by atomic mass is 79.9. The first-order chi connectivity index (χ1) is 9.37. The number of sulfonamides is 1. The lowest BCUT2D eigenvalue weighted by Gasteiger charge is -2.19. The number of anilines is 1. The van der Waals surface area contributed by atoms with Crippen LogP contribution in [0.4, 0.5) is 5.69 Å². The Kier molecular flexibility index (Phi) is 4.18. The maximum absolute atomic E-state index is 12.6. The molecule has 7 heteroatoms. The molecule has 2 rings (SSSR count). The molecule has 1 heterocycles. The standard InChI is InChI=1S/C13H11BrN2O2S2/c1-9-7-12(19-13(9)14)20(17,18)16(2)11-6-4-3-5-10(11)8-15/h3-7H,1-2H3. The smallest absolute Gasteiger partial charge is 0.267 e. The minimum absolute atomic E-state index is 0.247. The van der Waals surface area contributed by atoms with Gasteiger partial charge in [-0.2, -0.15) is 5.26 Å². The van der Waals surface area contributed by atoms with Gasteiger partial charge in [0.1, 0.15) is 10.3 Å². The van der Waals surface area contributed by atoms with Crippen LogP contribution < -0.4 is 4.31 Å². The summed E-state index contributed by atoms with van der Waals surface area (Å²) in [6.45, 7) is 1.84. The zero-order valence-electron chi connectivity index (χ0n) is 10.8. The molecule has 0 saturated heterocycles. The van der Waals surface area contributed by atoms with Gasteiger partial charge in [0.25, 0.3) is 10.0 Å². The van der Waals surface area contributed by atoms with E-state index in [0.717, 1.165) is 25.0 Å². The van der Waals surface area contributed by atoms with Crippen molar-refractivity contribution in [3.8, 4) is 6.07 Å². The van der Waals surface area contributed by atoms with Crippen molar-refractivity contribution in [2.45, 2.75) is 11.1 Å². The highest BCUT2D eigenvalue weighted by Gasteiger charge is 2.25. The molecule has 0 aliphatic carbocycles. The molecule has 20 heavy (non-hydrogen) atoms. The molecule has 104 valence electrons. The molecular formula is C13H11BrN2O2S2. The second kappa shape index (κ2) is 5.56. The lowest BCUT2D eigenvalue weighted by Crippen LogP contribution is -2.26. The van der Waals surface area contributed by atoms with Crippen LogP contribution in [-0.4, -0.2) is 15.5 Å². The Balaban J connectivity index is 2.52. The molecule has 0 amide bonds. The van der Waals surface area contributed by atoms with Gasteiger partial charge in [0, 0.05) is 7.05 Å². The number of hydrogen-bond donors (Lipinski definition) is 0. The average Bonchev–Trinajstić information content (AvgIpc) is 2.78. The van der Waals surface area contributed by atoms with Crippen molar-refractivity contribution in [2.75, 3.05) is 11.4 Å². The molecule has 0 atom stereocenters. The van der Waals surface area contributed by atoms with Gasteiger partial charge in [-0.25, -0.2) is 8.42 Å². The first kappa shape index (κ1) is 15.0. The van der Waals surface area contributed by atoms with Crippen LogP contribution in [0.3, 0.4) is 0 Å². The molecule has 4 nitrogen and oxygen atoms in total. The van der Waals surface area contributed by atoms with Crippen LogP contribution in [0.5, 0.6) is 0 Å². The van der Waals surface area contributed by atoms with Crippen molar-refractivity contribution in [1.82, 2.24) is 0 Å². The van der Waals surface area contributed by atoms with Gasteiger partial charge in [0.2, 0.25) is 0 Å². The predicted octanol–water partition coefficient (Wildman–Crippen LogP) is 3.52. The molecule has 0 saturated carbocycles. The van der Waals surface area contributed by atoms with Gasteiger partial charge in [0.15, 0.2) is 0 Å². The van der Waals surface area contributed by atoms with E-state index in [0.29, 0.717) is 11.3 Å². The summed E-state index contributed by atoms with van der Waals surface area (Å²) in [7, 11) is -2.20. The minimum Gasteiger partial charge on any atom is -0.267 e. The Morgan fingerprint density at radius 3 is 2.55 bits per heavy atom. The first-order valence-corrected chi connectivity index (χ1v) is 8.67. The normalized spacial score (nSPS) is 11.1. The second-order valence-electron chi connectivity index (χ2n) is 4.12. The maximum Gasteiger partial charge on any atom is 0.273 e. The van der Waals surface area contributed by atoms with Gasteiger partial charge in [-0.3, -0.25) is 4.31 Å². The SMILES string of the molecule is Cc1cc(S(=O)(=O)N(C)c2ccccc2C#N)sc1Br. The minimum atomic E-state index is -3.66. The van der Waals surface area contributed by atoms with E-state index in [2.05, 4.69) is 15.9 Å². The first-order valence-electron chi connectivity index (χ1n) is 5.62. The molecule has 0 radical (unpaired) electrons. The molecule has 0 unspecified atom stereocenters. The molecule has 0 aliphatic rings. The topological polar surface area (TPSA) is 61.2 Å². The van der Waals surface area contributed by atoms with Crippen molar-refractivity contribution in [2.24, 2.45) is 0 Å². The summed E-state index contributed by atoms with van der Waals surface area (Å²) < 4.78 is 27.3. The Morgan fingerprint density at radius 2 is 2.00 bits per heavy atom. The zero-order valence-corrected chi connectivity index (χ0v) is 14.0. The lowest BCUT2D eigenvalue weighted by molar-refractivity contribution is 0.596. The van der Waals surface area contributed by atoms with E-state index in [1.165, 1.54) is 7.05 Å². The van der Waals surface area contributed by atoms with E-state index in [1.807, 2.05) is 13.0 Å². The average molecular weight is 371 g/mol. The number of nitriles is 1. The molecule has 0 N–H and O–H groups in total. The number of hydrogen-bond acceptors (Lipinski definition) is 4. The number of para-hydroxylation sites is 1. The largest absolute Gasteiger partial charge is 0.273 e. The Morgan fingerprint density at radius 1 is 1.35 bits per heavy atom. The fourth-order valence-corrected chi connectivity index (χ4v) is 5.28. The predicted molar refractivity (Wildman–Crippen MR) is 83.5 cm³/mol. The monoisotopic (exact) mass is 370 g/mol. The Hall–Kier alpha value is -1.36. The molecule has 1 aromatic heterocycles. The highest BCUT2D eigenvalue weighted by Crippen LogP contribution is 2.34. The van der Waals surface area contributed by atoms with Gasteiger partial charge < -0.3 is 0 Å². The van der Waals surface area contributed by atoms with Crippen molar-refractivity contribution in [3.63, 3.8) is 0 Å². The van der Waals surface area contributed by atoms with Crippen molar-refractivity contribution < 1.29 is 8.42 Å². The quantitative estimate of drug-likeness (QED) is 0.830. The third-order valence-corrected chi connectivity index (χ3v) is 7.17. The third-order valence-electron chi connectivity index (χ3n) is 2.81. The zero-order chi connectivity index (χ0) is 14.9. The number of rotatable bonds is 3. The molecule has 2 aromatic rings. The Labute approximate surface area is 130 Å². The third kappa shape index (κ3) is 2.59.